The maximum absolute atomic E-state index is 13.8. The molecule has 5 rings (SSSR count). The van der Waals surface area contributed by atoms with Gasteiger partial charge in [-0.3, -0.25) is 14.2 Å². The lowest BCUT2D eigenvalue weighted by atomic mass is 9.95. The summed E-state index contributed by atoms with van der Waals surface area (Å²) in [5, 5.41) is 12.9. The van der Waals surface area contributed by atoms with Crippen molar-refractivity contribution in [2.45, 2.75) is 13.0 Å². The van der Waals surface area contributed by atoms with Crippen LogP contribution in [0.4, 0.5) is 5.69 Å². The monoisotopic (exact) mass is 527 g/mol. The summed E-state index contributed by atoms with van der Waals surface area (Å²) in [6.07, 6.45) is 1.72. The molecule has 0 saturated heterocycles. The predicted octanol–water partition coefficient (Wildman–Crippen LogP) is 3.60. The number of thiazole rings is 1. The molecule has 0 unspecified atom stereocenters. The number of carbonyl (C=O) groups excluding carboxylic acids is 1. The molecular formula is C29H25N3O5S. The van der Waals surface area contributed by atoms with Gasteiger partial charge in [0.2, 0.25) is 0 Å². The highest BCUT2D eigenvalue weighted by atomic mass is 32.1. The molecule has 3 aromatic carbocycles. The number of fused-ring (bicyclic) bond motifs is 1. The minimum atomic E-state index is -0.697. The van der Waals surface area contributed by atoms with Crippen LogP contribution in [0.3, 0.4) is 0 Å². The van der Waals surface area contributed by atoms with Crippen molar-refractivity contribution in [3.8, 4) is 17.2 Å². The average molecular weight is 528 g/mol. The highest BCUT2D eigenvalue weighted by Gasteiger charge is 2.32. The van der Waals surface area contributed by atoms with E-state index in [1.165, 1.54) is 24.5 Å². The van der Waals surface area contributed by atoms with Crippen LogP contribution in [0.1, 0.15) is 24.1 Å². The number of phenols is 1. The maximum atomic E-state index is 13.8. The molecule has 0 spiro atoms. The Morgan fingerprint density at radius 2 is 1.79 bits per heavy atom. The lowest BCUT2D eigenvalue weighted by Gasteiger charge is -2.25. The first kappa shape index (κ1) is 25.0. The summed E-state index contributed by atoms with van der Waals surface area (Å²) in [6.45, 7) is 1.78. The van der Waals surface area contributed by atoms with Crippen LogP contribution >= 0.6 is 11.3 Å². The Kier molecular flexibility index (Phi) is 6.85. The molecule has 0 bridgehead atoms. The minimum Gasteiger partial charge on any atom is -0.504 e. The zero-order valence-electron chi connectivity index (χ0n) is 21.0. The number of amides is 1. The molecule has 4 aromatic rings. The van der Waals surface area contributed by atoms with Gasteiger partial charge in [0, 0.05) is 5.69 Å². The number of allylic oxidation sites excluding steroid dienone is 1. The van der Waals surface area contributed by atoms with E-state index in [0.717, 1.165) is 5.56 Å². The van der Waals surface area contributed by atoms with Gasteiger partial charge in [0.15, 0.2) is 16.3 Å². The topological polar surface area (TPSA) is 102 Å². The van der Waals surface area contributed by atoms with Gasteiger partial charge >= 0.3 is 0 Å². The molecular weight excluding hydrogens is 502 g/mol. The number of benzene rings is 3. The van der Waals surface area contributed by atoms with E-state index in [2.05, 4.69) is 10.3 Å². The number of para-hydroxylation sites is 1. The maximum Gasteiger partial charge on any atom is 0.271 e. The number of methoxy groups -OCH3 is 2. The van der Waals surface area contributed by atoms with Gasteiger partial charge in [-0.1, -0.05) is 47.7 Å². The highest BCUT2D eigenvalue weighted by Crippen LogP contribution is 2.32. The molecule has 1 aliphatic heterocycles. The molecule has 192 valence electrons. The number of anilines is 1. The molecule has 0 saturated carbocycles. The molecule has 1 aromatic heterocycles. The number of phenolic OH excluding ortho intramolecular Hbond substituents is 1. The van der Waals surface area contributed by atoms with Crippen molar-refractivity contribution in [2.24, 2.45) is 4.99 Å². The summed E-state index contributed by atoms with van der Waals surface area (Å²) < 4.78 is 12.5. The van der Waals surface area contributed by atoms with Crippen LogP contribution in [0.2, 0.25) is 0 Å². The van der Waals surface area contributed by atoms with Crippen molar-refractivity contribution < 1.29 is 19.4 Å². The lowest BCUT2D eigenvalue weighted by Crippen LogP contribution is -2.40. The Balaban J connectivity index is 1.67. The van der Waals surface area contributed by atoms with Crippen LogP contribution in [-0.4, -0.2) is 29.8 Å². The smallest absolute Gasteiger partial charge is 0.271 e. The Hall–Kier alpha value is -4.63. The number of nitrogens with one attached hydrogen (secondary N) is 1. The van der Waals surface area contributed by atoms with Gasteiger partial charge in [0.1, 0.15) is 5.75 Å². The van der Waals surface area contributed by atoms with Crippen molar-refractivity contribution in [3.05, 3.63) is 115 Å². The second-order valence-corrected chi connectivity index (χ2v) is 9.62. The number of hydrogen-bond donors (Lipinski definition) is 2. The SMILES string of the molecule is COc1ccc([C@H]2C(C(=O)Nc3ccccc3)=C(C)N=c3s/c(=C/c4ccc(O)c(OC)c4)c(=O)n32)cc1. The largest absolute Gasteiger partial charge is 0.504 e. The first-order valence-corrected chi connectivity index (χ1v) is 12.6. The second kappa shape index (κ2) is 10.4. The molecule has 0 fully saturated rings. The van der Waals surface area contributed by atoms with Gasteiger partial charge in [0.25, 0.3) is 11.5 Å². The molecule has 2 heterocycles. The molecule has 1 amide bonds. The molecule has 9 heteroatoms. The van der Waals surface area contributed by atoms with Crippen molar-refractivity contribution in [1.29, 1.82) is 0 Å². The standard InChI is InChI=1S/C29H25N3O5S/c1-17-25(27(34)31-20-7-5-4-6-8-20)26(19-10-12-21(36-2)13-11-19)32-28(35)24(38-29(32)30-17)16-18-9-14-22(33)23(15-18)37-3/h4-16,26,33H,1-3H3,(H,31,34)/b24-16+/t26-/m0/s1. The summed E-state index contributed by atoms with van der Waals surface area (Å²) >= 11 is 1.24. The third kappa shape index (κ3) is 4.71. The molecule has 0 aliphatic carbocycles. The predicted molar refractivity (Wildman–Crippen MR) is 146 cm³/mol. The van der Waals surface area contributed by atoms with Crippen LogP contribution in [-0.2, 0) is 4.79 Å². The second-order valence-electron chi connectivity index (χ2n) is 8.61. The first-order chi connectivity index (χ1) is 18.4. The molecule has 38 heavy (non-hydrogen) atoms. The van der Waals surface area contributed by atoms with Gasteiger partial charge < -0.3 is 19.9 Å². The third-order valence-electron chi connectivity index (χ3n) is 6.23. The minimum absolute atomic E-state index is 0.00955. The number of aromatic nitrogens is 1. The van der Waals surface area contributed by atoms with Crippen LogP contribution in [0.25, 0.3) is 6.08 Å². The van der Waals surface area contributed by atoms with Crippen molar-refractivity contribution in [3.63, 3.8) is 0 Å². The quantitative estimate of drug-likeness (QED) is 0.399. The zero-order chi connectivity index (χ0) is 26.8. The number of nitrogens with zero attached hydrogens (tertiary/aromatic N) is 2. The molecule has 8 nitrogen and oxygen atoms in total. The average Bonchev–Trinajstić information content (AvgIpc) is 3.23. The van der Waals surface area contributed by atoms with Crippen molar-refractivity contribution >= 4 is 29.0 Å². The molecule has 0 radical (unpaired) electrons. The van der Waals surface area contributed by atoms with Gasteiger partial charge in [-0.25, -0.2) is 4.99 Å². The van der Waals surface area contributed by atoms with E-state index in [-0.39, 0.29) is 17.2 Å². The van der Waals surface area contributed by atoms with Crippen LogP contribution in [0.15, 0.2) is 93.9 Å². The van der Waals surface area contributed by atoms with Crippen LogP contribution in [0, 0.1) is 0 Å². The molecule has 1 atom stereocenters. The van der Waals surface area contributed by atoms with E-state index in [1.54, 1.807) is 61.1 Å². The molecule has 1 aliphatic rings. The van der Waals surface area contributed by atoms with E-state index in [1.807, 2.05) is 30.3 Å². The van der Waals surface area contributed by atoms with E-state index in [0.29, 0.717) is 43.4 Å². The summed E-state index contributed by atoms with van der Waals surface area (Å²) in [4.78, 5) is 32.5. The highest BCUT2D eigenvalue weighted by molar-refractivity contribution is 7.07. The van der Waals surface area contributed by atoms with Gasteiger partial charge in [-0.15, -0.1) is 0 Å². The molecule has 2 N–H and O–H groups in total. The third-order valence-corrected chi connectivity index (χ3v) is 7.21. The Bertz CT molecular complexity index is 1720. The lowest BCUT2D eigenvalue weighted by molar-refractivity contribution is -0.113. The first-order valence-electron chi connectivity index (χ1n) is 11.8. The van der Waals surface area contributed by atoms with Crippen molar-refractivity contribution in [1.82, 2.24) is 4.57 Å². The normalized spacial score (nSPS) is 15.0. The fraction of sp³-hybridized carbons (Fsp3) is 0.138. The van der Waals surface area contributed by atoms with E-state index in [9.17, 15) is 14.7 Å². The zero-order valence-corrected chi connectivity index (χ0v) is 21.8. The van der Waals surface area contributed by atoms with E-state index < -0.39 is 6.04 Å². The Morgan fingerprint density at radius 1 is 1.05 bits per heavy atom. The Morgan fingerprint density at radius 3 is 2.47 bits per heavy atom. The number of carbonyl (C=O) groups is 1. The summed E-state index contributed by atoms with van der Waals surface area (Å²) in [7, 11) is 3.05. The van der Waals surface area contributed by atoms with Crippen LogP contribution < -0.4 is 29.7 Å². The number of aromatic hydroxyl groups is 1. The fourth-order valence-corrected chi connectivity index (χ4v) is 5.42. The van der Waals surface area contributed by atoms with E-state index >= 15 is 0 Å². The number of rotatable bonds is 6. The number of hydrogen-bond acceptors (Lipinski definition) is 7. The summed E-state index contributed by atoms with van der Waals surface area (Å²) in [6, 6.07) is 20.6. The summed E-state index contributed by atoms with van der Waals surface area (Å²) in [5.41, 5.74) is 2.70. The Labute approximate surface area is 222 Å². The number of ether oxygens (including phenoxy) is 2. The summed E-state index contributed by atoms with van der Waals surface area (Å²) in [5.74, 6) is 0.642. The van der Waals surface area contributed by atoms with Gasteiger partial charge in [-0.2, -0.15) is 0 Å². The van der Waals surface area contributed by atoms with Gasteiger partial charge in [0.05, 0.1) is 36.1 Å². The van der Waals surface area contributed by atoms with Gasteiger partial charge in [-0.05, 0) is 60.5 Å². The van der Waals surface area contributed by atoms with Crippen molar-refractivity contribution in [2.75, 3.05) is 19.5 Å². The fourth-order valence-electron chi connectivity index (χ4n) is 4.37. The van der Waals surface area contributed by atoms with Crippen LogP contribution in [0.5, 0.6) is 17.2 Å². The van der Waals surface area contributed by atoms with E-state index in [4.69, 9.17) is 9.47 Å².